The Balaban J connectivity index is 1.17. The highest BCUT2D eigenvalue weighted by atomic mass is 16.5. The van der Waals surface area contributed by atoms with Crippen LogP contribution in [0.5, 0.6) is 5.75 Å². The summed E-state index contributed by atoms with van der Waals surface area (Å²) < 4.78 is 5.19. The molecule has 0 aliphatic carbocycles. The molecule has 1 aromatic heterocycles. The molecular weight excluding hydrogens is 424 g/mol. The van der Waals surface area contributed by atoms with Crippen LogP contribution < -0.4 is 9.64 Å². The first-order valence-electron chi connectivity index (χ1n) is 11.7. The molecule has 1 aliphatic rings. The van der Waals surface area contributed by atoms with Gasteiger partial charge >= 0.3 is 0 Å². The number of benzene rings is 3. The number of aromatic nitrogens is 2. The summed E-state index contributed by atoms with van der Waals surface area (Å²) in [6, 6.07) is 26.5. The van der Waals surface area contributed by atoms with Crippen molar-refractivity contribution in [2.24, 2.45) is 0 Å². The van der Waals surface area contributed by atoms with Crippen LogP contribution in [0.2, 0.25) is 0 Å². The van der Waals surface area contributed by atoms with Gasteiger partial charge in [0, 0.05) is 38.2 Å². The van der Waals surface area contributed by atoms with Crippen LogP contribution in [-0.4, -0.2) is 54.3 Å². The monoisotopic (exact) mass is 452 g/mol. The highest BCUT2D eigenvalue weighted by Gasteiger charge is 2.22. The summed E-state index contributed by atoms with van der Waals surface area (Å²) in [5.41, 5.74) is 3.10. The number of nitrogens with zero attached hydrogens (tertiary/aromatic N) is 4. The Morgan fingerprint density at radius 1 is 0.853 bits per heavy atom. The van der Waals surface area contributed by atoms with Crippen molar-refractivity contribution in [3.63, 3.8) is 0 Å². The number of hydrogen-bond acceptors (Lipinski definition) is 5. The normalized spacial score (nSPS) is 13.8. The molecule has 6 heteroatoms. The van der Waals surface area contributed by atoms with E-state index in [1.807, 2.05) is 53.4 Å². The molecule has 0 spiro atoms. The van der Waals surface area contributed by atoms with E-state index in [4.69, 9.17) is 4.74 Å². The van der Waals surface area contributed by atoms with Crippen LogP contribution in [0.3, 0.4) is 0 Å². The molecule has 0 unspecified atom stereocenters. The van der Waals surface area contributed by atoms with Gasteiger partial charge in [-0.15, -0.1) is 10.2 Å². The number of aryl methyl sites for hydroxylation is 1. The average molecular weight is 453 g/mol. The van der Waals surface area contributed by atoms with Crippen molar-refractivity contribution in [3.8, 4) is 17.0 Å². The van der Waals surface area contributed by atoms with Gasteiger partial charge in [-0.1, -0.05) is 54.6 Å². The van der Waals surface area contributed by atoms with E-state index in [9.17, 15) is 4.79 Å². The van der Waals surface area contributed by atoms with Gasteiger partial charge in [-0.3, -0.25) is 4.79 Å². The summed E-state index contributed by atoms with van der Waals surface area (Å²) in [5.74, 6) is 1.89. The van der Waals surface area contributed by atoms with Crippen LogP contribution in [0.1, 0.15) is 12.0 Å². The molecule has 0 atom stereocenters. The molecule has 0 saturated carbocycles. The van der Waals surface area contributed by atoms with Gasteiger partial charge in [0.25, 0.3) is 0 Å². The van der Waals surface area contributed by atoms with E-state index < -0.39 is 0 Å². The zero-order valence-corrected chi connectivity index (χ0v) is 19.4. The zero-order valence-electron chi connectivity index (χ0n) is 19.4. The maximum absolute atomic E-state index is 12.7. The number of carbonyl (C=O) groups excluding carboxylic acids is 1. The SMILES string of the molecule is COc1ccc(CCC(=O)N2CCN(c3ccc(-c4cccc5ccccc45)nn3)CC2)cc1. The second-order valence-corrected chi connectivity index (χ2v) is 8.52. The van der Waals surface area contributed by atoms with E-state index in [2.05, 4.69) is 45.4 Å². The largest absolute Gasteiger partial charge is 0.497 e. The van der Waals surface area contributed by atoms with Crippen LogP contribution in [-0.2, 0) is 11.2 Å². The van der Waals surface area contributed by atoms with Crippen molar-refractivity contribution in [2.45, 2.75) is 12.8 Å². The molecule has 1 fully saturated rings. The predicted molar refractivity (Wildman–Crippen MR) is 135 cm³/mol. The molecule has 0 bridgehead atoms. The molecule has 3 aromatic carbocycles. The molecule has 6 nitrogen and oxygen atoms in total. The number of amides is 1. The third-order valence-electron chi connectivity index (χ3n) is 6.46. The van der Waals surface area contributed by atoms with Gasteiger partial charge in [0.1, 0.15) is 5.75 Å². The number of ether oxygens (including phenoxy) is 1. The Labute approximate surface area is 199 Å². The Hall–Kier alpha value is -3.93. The molecule has 2 heterocycles. The van der Waals surface area contributed by atoms with Crippen LogP contribution in [0, 0.1) is 0 Å². The number of fused-ring (bicyclic) bond motifs is 1. The molecule has 1 saturated heterocycles. The number of anilines is 1. The highest BCUT2D eigenvalue weighted by molar-refractivity contribution is 5.95. The second kappa shape index (κ2) is 9.91. The Bertz CT molecular complexity index is 1260. The smallest absolute Gasteiger partial charge is 0.223 e. The second-order valence-electron chi connectivity index (χ2n) is 8.52. The number of rotatable bonds is 6. The van der Waals surface area contributed by atoms with Crippen molar-refractivity contribution in [1.82, 2.24) is 15.1 Å². The van der Waals surface area contributed by atoms with Crippen molar-refractivity contribution in [1.29, 1.82) is 0 Å². The first-order chi connectivity index (χ1) is 16.7. The van der Waals surface area contributed by atoms with Gasteiger partial charge < -0.3 is 14.5 Å². The maximum atomic E-state index is 12.7. The van der Waals surface area contributed by atoms with Gasteiger partial charge in [-0.05, 0) is 47.0 Å². The third-order valence-corrected chi connectivity index (χ3v) is 6.46. The van der Waals surface area contributed by atoms with Crippen LogP contribution >= 0.6 is 0 Å². The number of hydrogen-bond donors (Lipinski definition) is 0. The lowest BCUT2D eigenvalue weighted by Crippen LogP contribution is -2.49. The molecule has 34 heavy (non-hydrogen) atoms. The summed E-state index contributed by atoms with van der Waals surface area (Å²) in [6.07, 6.45) is 1.26. The average Bonchev–Trinajstić information content (AvgIpc) is 2.92. The van der Waals surface area contributed by atoms with Crippen molar-refractivity contribution < 1.29 is 9.53 Å². The minimum atomic E-state index is 0.202. The van der Waals surface area contributed by atoms with Gasteiger partial charge in [-0.25, -0.2) is 0 Å². The lowest BCUT2D eigenvalue weighted by Gasteiger charge is -2.35. The topological polar surface area (TPSA) is 58.6 Å². The molecule has 4 aromatic rings. The fourth-order valence-electron chi connectivity index (χ4n) is 4.47. The van der Waals surface area contributed by atoms with E-state index in [0.717, 1.165) is 47.9 Å². The molecule has 0 N–H and O–H groups in total. The first-order valence-corrected chi connectivity index (χ1v) is 11.7. The van der Waals surface area contributed by atoms with Crippen molar-refractivity contribution in [2.75, 3.05) is 38.2 Å². The summed E-state index contributed by atoms with van der Waals surface area (Å²) >= 11 is 0. The zero-order chi connectivity index (χ0) is 23.3. The molecule has 1 amide bonds. The fourth-order valence-corrected chi connectivity index (χ4v) is 4.47. The van der Waals surface area contributed by atoms with Crippen molar-refractivity contribution in [3.05, 3.63) is 84.4 Å². The van der Waals surface area contributed by atoms with Gasteiger partial charge in [0.05, 0.1) is 12.8 Å². The minimum absolute atomic E-state index is 0.202. The van der Waals surface area contributed by atoms with Crippen LogP contribution in [0.4, 0.5) is 5.82 Å². The Morgan fingerprint density at radius 2 is 1.62 bits per heavy atom. The van der Waals surface area contributed by atoms with Gasteiger partial charge in [0.15, 0.2) is 5.82 Å². The summed E-state index contributed by atoms with van der Waals surface area (Å²) in [4.78, 5) is 16.9. The highest BCUT2D eigenvalue weighted by Crippen LogP contribution is 2.27. The van der Waals surface area contributed by atoms with Crippen LogP contribution in [0.15, 0.2) is 78.9 Å². The van der Waals surface area contributed by atoms with Gasteiger partial charge in [-0.2, -0.15) is 0 Å². The lowest BCUT2D eigenvalue weighted by atomic mass is 10.0. The summed E-state index contributed by atoms with van der Waals surface area (Å²) in [5, 5.41) is 11.4. The molecule has 1 aliphatic heterocycles. The Morgan fingerprint density at radius 3 is 2.35 bits per heavy atom. The fraction of sp³-hybridized carbons (Fsp3) is 0.250. The standard InChI is InChI=1S/C28H28N4O2/c1-34-23-12-9-21(10-13-23)11-16-28(33)32-19-17-31(18-20-32)27-15-14-26(29-30-27)25-8-4-6-22-5-2-3-7-24(22)25/h2-10,12-15H,11,16-20H2,1H3. The lowest BCUT2D eigenvalue weighted by molar-refractivity contribution is -0.131. The maximum Gasteiger partial charge on any atom is 0.223 e. The quantitative estimate of drug-likeness (QED) is 0.428. The number of piperazine rings is 1. The van der Waals surface area contributed by atoms with Gasteiger partial charge in [0.2, 0.25) is 5.91 Å². The Kier molecular flexibility index (Phi) is 6.38. The van der Waals surface area contributed by atoms with E-state index in [1.54, 1.807) is 7.11 Å². The van der Waals surface area contributed by atoms with E-state index >= 15 is 0 Å². The van der Waals surface area contributed by atoms with Crippen molar-refractivity contribution >= 4 is 22.5 Å². The molecule has 5 rings (SSSR count). The minimum Gasteiger partial charge on any atom is -0.497 e. The third kappa shape index (κ3) is 4.71. The summed E-state index contributed by atoms with van der Waals surface area (Å²) in [6.45, 7) is 2.93. The first kappa shape index (κ1) is 21.9. The number of carbonyl (C=O) groups is 1. The number of methoxy groups -OCH3 is 1. The predicted octanol–water partition coefficient (Wildman–Crippen LogP) is 4.59. The van der Waals surface area contributed by atoms with E-state index in [-0.39, 0.29) is 5.91 Å². The molecule has 0 radical (unpaired) electrons. The van der Waals surface area contributed by atoms with E-state index in [1.165, 1.54) is 10.8 Å². The molecular formula is C28H28N4O2. The summed E-state index contributed by atoms with van der Waals surface area (Å²) in [7, 11) is 1.66. The van der Waals surface area contributed by atoms with Crippen LogP contribution in [0.25, 0.3) is 22.0 Å². The molecule has 172 valence electrons. The van der Waals surface area contributed by atoms with E-state index in [0.29, 0.717) is 19.5 Å².